The molecular weight excluding hydrogens is 318 g/mol. The molecule has 0 saturated heterocycles. The summed E-state index contributed by atoms with van der Waals surface area (Å²) < 4.78 is 5.13. The van der Waals surface area contributed by atoms with E-state index in [1.54, 1.807) is 6.07 Å². The van der Waals surface area contributed by atoms with Crippen LogP contribution in [0.3, 0.4) is 0 Å². The van der Waals surface area contributed by atoms with Crippen LogP contribution in [0.15, 0.2) is 47.6 Å². The Morgan fingerprint density at radius 2 is 2.12 bits per heavy atom. The van der Waals surface area contributed by atoms with Crippen molar-refractivity contribution >= 4 is 17.6 Å². The molecule has 126 valence electrons. The number of hydrogen-bond donors (Lipinski definition) is 2. The number of hydrogen-bond acceptors (Lipinski definition) is 6. The van der Waals surface area contributed by atoms with Gasteiger partial charge in [0.05, 0.1) is 11.6 Å². The highest BCUT2D eigenvalue weighted by Gasteiger charge is 2.16. The number of nitrogens with two attached hydrogens (primary N) is 1. The van der Waals surface area contributed by atoms with E-state index < -0.39 is 0 Å². The minimum Gasteiger partial charge on any atom is -0.463 e. The minimum absolute atomic E-state index is 0.113. The van der Waals surface area contributed by atoms with Crippen molar-refractivity contribution in [3.05, 3.63) is 59.4 Å². The second kappa shape index (κ2) is 7.45. The van der Waals surface area contributed by atoms with E-state index in [-0.39, 0.29) is 23.7 Å². The Hall–Kier alpha value is -3.40. The monoisotopic (exact) mass is 335 g/mol. The first kappa shape index (κ1) is 16.5. The highest BCUT2D eigenvalue weighted by molar-refractivity contribution is 6.02. The number of anilines is 1. The number of ether oxygens (including phenoxy) is 1. The van der Waals surface area contributed by atoms with Crippen molar-refractivity contribution in [2.24, 2.45) is 10.7 Å². The van der Waals surface area contributed by atoms with E-state index in [9.17, 15) is 4.79 Å². The molecule has 2 heterocycles. The van der Waals surface area contributed by atoms with Gasteiger partial charge in [-0.3, -0.25) is 4.79 Å². The highest BCUT2D eigenvalue weighted by Crippen LogP contribution is 2.15. The van der Waals surface area contributed by atoms with Crippen LogP contribution in [0.4, 0.5) is 5.69 Å². The molecule has 1 atom stereocenters. The number of carbonyl (C=O) groups is 1. The van der Waals surface area contributed by atoms with Gasteiger partial charge in [0.25, 0.3) is 11.9 Å². The molecule has 0 fully saturated rings. The zero-order chi connectivity index (χ0) is 17.6. The third-order valence-electron chi connectivity index (χ3n) is 3.84. The number of rotatable bonds is 5. The smallest absolute Gasteiger partial charge is 0.282 e. The number of nitrogens with zero attached hydrogens (tertiary/aromatic N) is 3. The van der Waals surface area contributed by atoms with Crippen LogP contribution in [0.2, 0.25) is 0 Å². The first-order valence-electron chi connectivity index (χ1n) is 7.86. The van der Waals surface area contributed by atoms with Crippen molar-refractivity contribution < 1.29 is 9.53 Å². The zero-order valence-electron chi connectivity index (χ0n) is 13.5. The van der Waals surface area contributed by atoms with Crippen LogP contribution in [-0.2, 0) is 11.2 Å². The number of amides is 1. The van der Waals surface area contributed by atoms with Gasteiger partial charge in [-0.1, -0.05) is 12.1 Å². The van der Waals surface area contributed by atoms with Gasteiger partial charge < -0.3 is 15.8 Å². The van der Waals surface area contributed by atoms with Crippen molar-refractivity contribution in [1.29, 1.82) is 5.26 Å². The molecule has 25 heavy (non-hydrogen) atoms. The average Bonchev–Trinajstić information content (AvgIpc) is 3.06. The zero-order valence-corrected chi connectivity index (χ0v) is 13.5. The van der Waals surface area contributed by atoms with Crippen LogP contribution in [-0.4, -0.2) is 29.6 Å². The lowest BCUT2D eigenvalue weighted by Crippen LogP contribution is -2.13. The number of nitriles is 1. The molecule has 0 spiro atoms. The van der Waals surface area contributed by atoms with Crippen LogP contribution < -0.4 is 11.1 Å². The summed E-state index contributed by atoms with van der Waals surface area (Å²) in [5.74, 6) is -0.315. The van der Waals surface area contributed by atoms with E-state index in [2.05, 4.69) is 15.3 Å². The van der Waals surface area contributed by atoms with Crippen LogP contribution >= 0.6 is 0 Å². The molecule has 0 saturated carbocycles. The Bertz CT molecular complexity index is 822. The topological polar surface area (TPSA) is 113 Å². The maximum absolute atomic E-state index is 12.1. The summed E-state index contributed by atoms with van der Waals surface area (Å²) in [6.07, 6.45) is 3.10. The minimum atomic E-state index is -0.315. The second-order valence-electron chi connectivity index (χ2n) is 5.67. The first-order valence-corrected chi connectivity index (χ1v) is 7.86. The normalized spacial score (nSPS) is 15.8. The maximum Gasteiger partial charge on any atom is 0.282 e. The molecule has 1 aliphatic rings. The number of benzene rings is 1. The van der Waals surface area contributed by atoms with Crippen LogP contribution in [0.5, 0.6) is 0 Å². The molecule has 0 aliphatic carbocycles. The van der Waals surface area contributed by atoms with Gasteiger partial charge in [-0.15, -0.1) is 0 Å². The number of amidine groups is 1. The fourth-order valence-corrected chi connectivity index (χ4v) is 2.46. The van der Waals surface area contributed by atoms with Gasteiger partial charge in [0, 0.05) is 11.9 Å². The summed E-state index contributed by atoms with van der Waals surface area (Å²) in [5.41, 5.74) is 8.01. The maximum atomic E-state index is 12.1. The van der Waals surface area contributed by atoms with Gasteiger partial charge in [0.2, 0.25) is 0 Å². The van der Waals surface area contributed by atoms with Gasteiger partial charge in [0.1, 0.15) is 18.4 Å². The molecule has 7 nitrogen and oxygen atoms in total. The molecule has 3 N–H and O–H groups in total. The molecule has 0 radical (unpaired) electrons. The quantitative estimate of drug-likeness (QED) is 0.865. The van der Waals surface area contributed by atoms with E-state index in [1.165, 1.54) is 12.3 Å². The second-order valence-corrected chi connectivity index (χ2v) is 5.67. The Kier molecular flexibility index (Phi) is 4.90. The molecule has 0 unspecified atom stereocenters. The van der Waals surface area contributed by atoms with Gasteiger partial charge in [0.15, 0.2) is 0 Å². The molecule has 1 amide bonds. The molecule has 2 aromatic rings. The number of nitrogens with one attached hydrogen (secondary N) is 1. The van der Waals surface area contributed by atoms with Crippen molar-refractivity contribution in [2.45, 2.75) is 18.9 Å². The summed E-state index contributed by atoms with van der Waals surface area (Å²) >= 11 is 0. The van der Waals surface area contributed by atoms with Crippen LogP contribution in [0.1, 0.15) is 28.0 Å². The third kappa shape index (κ3) is 4.32. The summed E-state index contributed by atoms with van der Waals surface area (Å²) in [4.78, 5) is 20.3. The van der Waals surface area contributed by atoms with E-state index in [4.69, 9.17) is 15.7 Å². The van der Waals surface area contributed by atoms with Gasteiger partial charge >= 0.3 is 0 Å². The van der Waals surface area contributed by atoms with Crippen molar-refractivity contribution in [2.75, 3.05) is 11.9 Å². The Morgan fingerprint density at radius 1 is 1.32 bits per heavy atom. The fourth-order valence-electron chi connectivity index (χ4n) is 2.46. The van der Waals surface area contributed by atoms with E-state index >= 15 is 0 Å². The SMILES string of the molecule is N#Cc1ccc(C(=O)Nc2ccc(CC[C@H]3COC(N)=N3)cc2)nc1. The number of aliphatic imine (C=N–C) groups is 1. The average molecular weight is 335 g/mol. The lowest BCUT2D eigenvalue weighted by molar-refractivity contribution is 0.102. The van der Waals surface area contributed by atoms with E-state index in [0.717, 1.165) is 18.4 Å². The lowest BCUT2D eigenvalue weighted by atomic mass is 10.1. The van der Waals surface area contributed by atoms with E-state index in [0.29, 0.717) is 17.9 Å². The third-order valence-corrected chi connectivity index (χ3v) is 3.84. The summed E-state index contributed by atoms with van der Waals surface area (Å²) in [6, 6.07) is 13.1. The summed E-state index contributed by atoms with van der Waals surface area (Å²) in [6.45, 7) is 0.539. The fraction of sp³-hybridized carbons (Fsp3) is 0.222. The number of carbonyl (C=O) groups excluding carboxylic acids is 1. The molecule has 3 rings (SSSR count). The van der Waals surface area contributed by atoms with Gasteiger partial charge in [-0.2, -0.15) is 5.26 Å². The predicted octanol–water partition coefficient (Wildman–Crippen LogP) is 1.85. The molecule has 0 bridgehead atoms. The standard InChI is InChI=1S/C18H17N5O2/c19-9-13-4-8-16(21-10-13)17(24)22-14-5-1-12(2-6-14)3-7-15-11-25-18(20)23-15/h1-2,4-6,8,10,15H,3,7,11H2,(H2,20,23)(H,22,24)/t15-/m0/s1. The molecule has 1 aromatic carbocycles. The van der Waals surface area contributed by atoms with Gasteiger partial charge in [-0.05, 0) is 42.7 Å². The van der Waals surface area contributed by atoms with Crippen LogP contribution in [0, 0.1) is 11.3 Å². The first-order chi connectivity index (χ1) is 12.1. The molecule has 1 aromatic heterocycles. The number of aryl methyl sites for hydroxylation is 1. The molecular formula is C18H17N5O2. The Labute approximate surface area is 145 Å². The highest BCUT2D eigenvalue weighted by atomic mass is 16.5. The Balaban J connectivity index is 1.54. The summed E-state index contributed by atoms with van der Waals surface area (Å²) in [5, 5.41) is 11.5. The van der Waals surface area contributed by atoms with Crippen molar-refractivity contribution in [3.8, 4) is 6.07 Å². The predicted molar refractivity (Wildman–Crippen MR) is 93.0 cm³/mol. The van der Waals surface area contributed by atoms with Crippen molar-refractivity contribution in [3.63, 3.8) is 0 Å². The van der Waals surface area contributed by atoms with E-state index in [1.807, 2.05) is 30.3 Å². The number of aromatic nitrogens is 1. The lowest BCUT2D eigenvalue weighted by Gasteiger charge is -2.08. The van der Waals surface area contributed by atoms with Crippen molar-refractivity contribution in [1.82, 2.24) is 4.98 Å². The summed E-state index contributed by atoms with van der Waals surface area (Å²) in [7, 11) is 0. The molecule has 1 aliphatic heterocycles. The van der Waals surface area contributed by atoms with Crippen LogP contribution in [0.25, 0.3) is 0 Å². The Morgan fingerprint density at radius 3 is 2.72 bits per heavy atom. The molecule has 7 heteroatoms. The van der Waals surface area contributed by atoms with Gasteiger partial charge in [-0.25, -0.2) is 9.98 Å². The number of pyridine rings is 1. The largest absolute Gasteiger partial charge is 0.463 e.